The summed E-state index contributed by atoms with van der Waals surface area (Å²) < 4.78 is 0. The number of carbonyl (C=O) groups excluding carboxylic acids is 2. The molecule has 1 N–H and O–H groups in total. The summed E-state index contributed by atoms with van der Waals surface area (Å²) in [4.78, 5) is 26.3. The summed E-state index contributed by atoms with van der Waals surface area (Å²) in [5.74, 6) is -0.153. The molecule has 0 aromatic heterocycles. The van der Waals surface area contributed by atoms with Crippen molar-refractivity contribution in [3.05, 3.63) is 65.2 Å². The number of nitrogens with zero attached hydrogens (tertiary/aromatic N) is 2. The Morgan fingerprint density at radius 2 is 1.92 bits per heavy atom. The minimum atomic E-state index is -0.309. The van der Waals surface area contributed by atoms with E-state index in [4.69, 9.17) is 5.26 Å². The molecular weight excluding hydrogens is 326 g/mol. The first kappa shape index (κ1) is 17.7. The van der Waals surface area contributed by atoms with Crippen LogP contribution in [0.5, 0.6) is 0 Å². The van der Waals surface area contributed by atoms with Crippen molar-refractivity contribution >= 4 is 17.5 Å². The van der Waals surface area contributed by atoms with Gasteiger partial charge in [0.2, 0.25) is 11.8 Å². The molecule has 1 heterocycles. The number of fused-ring (bicyclic) bond motifs is 1. The highest BCUT2D eigenvalue weighted by atomic mass is 16.2. The number of hydrogen-bond donors (Lipinski definition) is 1. The Hall–Kier alpha value is -3.13. The van der Waals surface area contributed by atoms with Crippen molar-refractivity contribution in [1.29, 1.82) is 5.26 Å². The summed E-state index contributed by atoms with van der Waals surface area (Å²) in [5, 5.41) is 11.8. The predicted molar refractivity (Wildman–Crippen MR) is 99.3 cm³/mol. The summed E-state index contributed by atoms with van der Waals surface area (Å²) in [6, 6.07) is 17.2. The first-order valence-electron chi connectivity index (χ1n) is 8.74. The summed E-state index contributed by atoms with van der Waals surface area (Å²) in [7, 11) is 0. The zero-order valence-electron chi connectivity index (χ0n) is 14.7. The zero-order chi connectivity index (χ0) is 18.5. The second-order valence-electron chi connectivity index (χ2n) is 6.46. The first-order valence-corrected chi connectivity index (χ1v) is 8.74. The van der Waals surface area contributed by atoms with Crippen molar-refractivity contribution in [1.82, 2.24) is 5.32 Å². The average Bonchev–Trinajstić information content (AvgIpc) is 2.66. The topological polar surface area (TPSA) is 73.2 Å². The molecule has 5 nitrogen and oxygen atoms in total. The number of anilines is 1. The predicted octanol–water partition coefficient (Wildman–Crippen LogP) is 2.93. The molecule has 0 fully saturated rings. The largest absolute Gasteiger partial charge is 0.336 e. The molecule has 5 heteroatoms. The van der Waals surface area contributed by atoms with E-state index < -0.39 is 0 Å². The minimum absolute atomic E-state index is 0.0136. The van der Waals surface area contributed by atoms with Crippen LogP contribution >= 0.6 is 0 Å². The van der Waals surface area contributed by atoms with E-state index in [9.17, 15) is 9.59 Å². The van der Waals surface area contributed by atoms with Crippen LogP contribution in [0.2, 0.25) is 0 Å². The molecule has 2 amide bonds. The van der Waals surface area contributed by atoms with E-state index in [1.54, 1.807) is 17.0 Å². The number of amides is 2. The van der Waals surface area contributed by atoms with Gasteiger partial charge in [-0.1, -0.05) is 30.3 Å². The molecule has 0 aliphatic carbocycles. The smallest absolute Gasteiger partial charge is 0.229 e. The SMILES string of the molecule is CC(=O)NC1CCc2ccccc2N1C(=O)CCc1ccc(C#N)cc1. The zero-order valence-corrected chi connectivity index (χ0v) is 14.7. The number of para-hydroxylation sites is 1. The van der Waals surface area contributed by atoms with E-state index in [0.29, 0.717) is 24.8 Å². The third-order valence-electron chi connectivity index (χ3n) is 4.60. The summed E-state index contributed by atoms with van der Waals surface area (Å²) >= 11 is 0. The molecule has 3 rings (SSSR count). The molecule has 1 unspecified atom stereocenters. The van der Waals surface area contributed by atoms with Crippen LogP contribution in [0.1, 0.15) is 36.5 Å². The number of benzene rings is 2. The Kier molecular flexibility index (Phi) is 5.33. The van der Waals surface area contributed by atoms with Crippen LogP contribution in [0.25, 0.3) is 0 Å². The number of nitrogens with one attached hydrogen (secondary N) is 1. The molecule has 2 aromatic carbocycles. The lowest BCUT2D eigenvalue weighted by Crippen LogP contribution is -2.53. The average molecular weight is 347 g/mol. The maximum absolute atomic E-state index is 13.0. The maximum atomic E-state index is 13.0. The van der Waals surface area contributed by atoms with Gasteiger partial charge in [-0.2, -0.15) is 5.26 Å². The van der Waals surface area contributed by atoms with E-state index in [2.05, 4.69) is 11.4 Å². The van der Waals surface area contributed by atoms with Gasteiger partial charge in [0.25, 0.3) is 0 Å². The second kappa shape index (κ2) is 7.83. The molecule has 0 spiro atoms. The maximum Gasteiger partial charge on any atom is 0.229 e. The van der Waals surface area contributed by atoms with Gasteiger partial charge >= 0.3 is 0 Å². The highest BCUT2D eigenvalue weighted by Crippen LogP contribution is 2.30. The van der Waals surface area contributed by atoms with Crippen molar-refractivity contribution < 1.29 is 9.59 Å². The van der Waals surface area contributed by atoms with Crippen molar-refractivity contribution in [3.63, 3.8) is 0 Å². The van der Waals surface area contributed by atoms with Gasteiger partial charge in [-0.25, -0.2) is 0 Å². The third-order valence-corrected chi connectivity index (χ3v) is 4.60. The molecule has 0 radical (unpaired) electrons. The Bertz CT molecular complexity index is 852. The molecule has 0 saturated heterocycles. The monoisotopic (exact) mass is 347 g/mol. The van der Waals surface area contributed by atoms with Gasteiger partial charge in [0, 0.05) is 19.0 Å². The Labute approximate surface area is 153 Å². The Morgan fingerprint density at radius 3 is 2.62 bits per heavy atom. The van der Waals surface area contributed by atoms with E-state index in [1.165, 1.54) is 6.92 Å². The number of rotatable bonds is 4. The summed E-state index contributed by atoms with van der Waals surface area (Å²) in [5.41, 5.74) is 3.62. The molecule has 1 aliphatic rings. The molecule has 0 bridgehead atoms. The van der Waals surface area contributed by atoms with E-state index >= 15 is 0 Å². The fraction of sp³-hybridized carbons (Fsp3) is 0.286. The van der Waals surface area contributed by atoms with Crippen LogP contribution in [0.15, 0.2) is 48.5 Å². The van der Waals surface area contributed by atoms with Crippen LogP contribution in [0.4, 0.5) is 5.69 Å². The Morgan fingerprint density at radius 1 is 1.19 bits per heavy atom. The molecule has 26 heavy (non-hydrogen) atoms. The number of hydrogen-bond acceptors (Lipinski definition) is 3. The highest BCUT2D eigenvalue weighted by Gasteiger charge is 2.30. The molecule has 1 atom stereocenters. The van der Waals surface area contributed by atoms with Crippen molar-refractivity contribution in [3.8, 4) is 6.07 Å². The number of nitriles is 1. The quantitative estimate of drug-likeness (QED) is 0.924. The van der Waals surface area contributed by atoms with Crippen LogP contribution in [-0.4, -0.2) is 18.0 Å². The van der Waals surface area contributed by atoms with Crippen LogP contribution in [0, 0.1) is 11.3 Å². The standard InChI is InChI=1S/C21H21N3O2/c1-15(25)23-20-12-11-18-4-2-3-5-19(18)24(20)21(26)13-10-16-6-8-17(14-22)9-7-16/h2-9,20H,10-13H2,1H3,(H,23,25). The highest BCUT2D eigenvalue weighted by molar-refractivity contribution is 5.96. The van der Waals surface area contributed by atoms with Gasteiger partial charge < -0.3 is 5.32 Å². The lowest BCUT2D eigenvalue weighted by atomic mass is 9.98. The Balaban J connectivity index is 1.77. The molecule has 0 saturated carbocycles. The number of carbonyl (C=O) groups is 2. The number of aryl methyl sites for hydroxylation is 2. The van der Waals surface area contributed by atoms with Crippen molar-refractivity contribution in [2.45, 2.75) is 38.8 Å². The third kappa shape index (κ3) is 3.92. The summed E-state index contributed by atoms with van der Waals surface area (Å²) in [6.45, 7) is 1.47. The fourth-order valence-corrected chi connectivity index (χ4v) is 3.34. The fourth-order valence-electron chi connectivity index (χ4n) is 3.34. The van der Waals surface area contributed by atoms with Gasteiger partial charge in [-0.15, -0.1) is 0 Å². The van der Waals surface area contributed by atoms with Gasteiger partial charge in [-0.05, 0) is 48.6 Å². The van der Waals surface area contributed by atoms with Crippen LogP contribution in [-0.2, 0) is 22.4 Å². The molecular formula is C21H21N3O2. The van der Waals surface area contributed by atoms with E-state index in [-0.39, 0.29) is 18.0 Å². The molecule has 1 aliphatic heterocycles. The van der Waals surface area contributed by atoms with Gasteiger partial charge in [0.15, 0.2) is 0 Å². The van der Waals surface area contributed by atoms with Crippen molar-refractivity contribution in [2.24, 2.45) is 0 Å². The van der Waals surface area contributed by atoms with Crippen LogP contribution < -0.4 is 10.2 Å². The van der Waals surface area contributed by atoms with Gasteiger partial charge in [0.05, 0.1) is 11.6 Å². The van der Waals surface area contributed by atoms with Crippen molar-refractivity contribution in [2.75, 3.05) is 4.90 Å². The van der Waals surface area contributed by atoms with Gasteiger partial charge in [-0.3, -0.25) is 14.5 Å². The lowest BCUT2D eigenvalue weighted by Gasteiger charge is -2.37. The normalized spacial score (nSPS) is 15.7. The van der Waals surface area contributed by atoms with Gasteiger partial charge in [0.1, 0.15) is 6.17 Å². The molecule has 132 valence electrons. The second-order valence-corrected chi connectivity index (χ2v) is 6.46. The lowest BCUT2D eigenvalue weighted by molar-refractivity contribution is -0.121. The summed E-state index contributed by atoms with van der Waals surface area (Å²) in [6.07, 6.45) is 2.17. The minimum Gasteiger partial charge on any atom is -0.336 e. The van der Waals surface area contributed by atoms with Crippen LogP contribution in [0.3, 0.4) is 0 Å². The van der Waals surface area contributed by atoms with E-state index in [0.717, 1.165) is 23.2 Å². The first-order chi connectivity index (χ1) is 12.6. The molecule has 2 aromatic rings. The van der Waals surface area contributed by atoms with E-state index in [1.807, 2.05) is 36.4 Å².